The number of fused-ring (bicyclic) bond motifs is 1. The minimum absolute atomic E-state index is 0.00163. The van der Waals surface area contributed by atoms with E-state index in [0.29, 0.717) is 49.8 Å². The number of anilines is 2. The molecule has 30 heavy (non-hydrogen) atoms. The van der Waals surface area contributed by atoms with Crippen LogP contribution in [0, 0.1) is 20.8 Å². The lowest BCUT2D eigenvalue weighted by atomic mass is 10.0. The molecule has 1 aromatic heterocycles. The summed E-state index contributed by atoms with van der Waals surface area (Å²) in [4.78, 5) is 34.6. The fourth-order valence-electron chi connectivity index (χ4n) is 4.24. The molecule has 2 heterocycles. The molecule has 0 spiro atoms. The maximum Gasteiger partial charge on any atom is 0.273 e. The highest BCUT2D eigenvalue weighted by Gasteiger charge is 2.35. The molecule has 158 valence electrons. The van der Waals surface area contributed by atoms with E-state index in [9.17, 15) is 9.59 Å². The van der Waals surface area contributed by atoms with Crippen molar-refractivity contribution in [2.24, 2.45) is 0 Å². The van der Waals surface area contributed by atoms with Gasteiger partial charge in [0.15, 0.2) is 0 Å². The van der Waals surface area contributed by atoms with E-state index in [1.807, 2.05) is 32.3 Å². The van der Waals surface area contributed by atoms with Crippen molar-refractivity contribution in [3.8, 4) is 0 Å². The maximum atomic E-state index is 13.4. The molecular weight excluding hydrogens is 376 g/mol. The van der Waals surface area contributed by atoms with Gasteiger partial charge in [0, 0.05) is 26.1 Å². The summed E-state index contributed by atoms with van der Waals surface area (Å²) < 4.78 is 1.90. The second kappa shape index (κ2) is 8.69. The third kappa shape index (κ3) is 3.70. The average molecular weight is 407 g/mol. The monoisotopic (exact) mass is 406 g/mol. The van der Waals surface area contributed by atoms with E-state index in [1.54, 1.807) is 22.0 Å². The number of benzene rings is 1. The minimum atomic E-state index is -0.114. The molecule has 0 unspecified atom stereocenters. The van der Waals surface area contributed by atoms with Crippen LogP contribution in [0.4, 0.5) is 11.6 Å². The Balaban J connectivity index is 2.18. The molecule has 0 N–H and O–H groups in total. The number of amides is 2. The zero-order chi connectivity index (χ0) is 22.0. The van der Waals surface area contributed by atoms with E-state index in [1.165, 1.54) is 0 Å². The van der Waals surface area contributed by atoms with Crippen LogP contribution in [0.25, 0.3) is 0 Å². The molecule has 1 aliphatic heterocycles. The van der Waals surface area contributed by atoms with E-state index in [2.05, 4.69) is 25.3 Å². The van der Waals surface area contributed by atoms with Gasteiger partial charge in [0.25, 0.3) is 5.91 Å². The van der Waals surface area contributed by atoms with Crippen molar-refractivity contribution >= 4 is 23.5 Å². The Morgan fingerprint density at radius 2 is 1.77 bits per heavy atom. The second-order valence-corrected chi connectivity index (χ2v) is 7.73. The highest BCUT2D eigenvalue weighted by molar-refractivity contribution is 6.03. The average Bonchev–Trinajstić information content (AvgIpc) is 3.06. The minimum Gasteiger partial charge on any atom is -0.330 e. The standard InChI is InChI=1S/C24H30N4O2/c1-7-11-26(12-8-2)23(30)22-19(9-3)25-24-27(22)13-10-20(29)28(24)21-17(5)14-16(4)15-18(21)6/h7-8,14-15H,1-2,9-13H2,3-6H3. The van der Waals surface area contributed by atoms with E-state index in [0.717, 1.165) is 22.4 Å². The summed E-state index contributed by atoms with van der Waals surface area (Å²) in [5.41, 5.74) is 5.29. The van der Waals surface area contributed by atoms with Crippen LogP contribution >= 0.6 is 0 Å². The van der Waals surface area contributed by atoms with Crippen LogP contribution in [-0.4, -0.2) is 39.4 Å². The zero-order valence-corrected chi connectivity index (χ0v) is 18.4. The first kappa shape index (κ1) is 21.6. The molecule has 0 fully saturated rings. The lowest BCUT2D eigenvalue weighted by Crippen LogP contribution is -2.38. The van der Waals surface area contributed by atoms with Crippen molar-refractivity contribution in [3.63, 3.8) is 0 Å². The van der Waals surface area contributed by atoms with Gasteiger partial charge >= 0.3 is 0 Å². The first-order chi connectivity index (χ1) is 14.3. The van der Waals surface area contributed by atoms with Gasteiger partial charge in [-0.2, -0.15) is 0 Å². The Morgan fingerprint density at radius 3 is 2.30 bits per heavy atom. The van der Waals surface area contributed by atoms with Crippen LogP contribution in [0.3, 0.4) is 0 Å². The molecule has 6 nitrogen and oxygen atoms in total. The fourth-order valence-corrected chi connectivity index (χ4v) is 4.24. The summed E-state index contributed by atoms with van der Waals surface area (Å²) in [5.74, 6) is 0.411. The van der Waals surface area contributed by atoms with Crippen LogP contribution in [-0.2, 0) is 17.8 Å². The predicted molar refractivity (Wildman–Crippen MR) is 120 cm³/mol. The molecule has 0 saturated carbocycles. The maximum absolute atomic E-state index is 13.4. The van der Waals surface area contributed by atoms with E-state index < -0.39 is 0 Å². The lowest BCUT2D eigenvalue weighted by molar-refractivity contribution is -0.118. The largest absolute Gasteiger partial charge is 0.330 e. The number of carbonyl (C=O) groups is 2. The van der Waals surface area contributed by atoms with Crippen LogP contribution in [0.1, 0.15) is 46.2 Å². The number of hydrogen-bond acceptors (Lipinski definition) is 3. The normalized spacial score (nSPS) is 13.2. The summed E-state index contributed by atoms with van der Waals surface area (Å²) in [5, 5.41) is 0. The molecule has 3 rings (SSSR count). The first-order valence-electron chi connectivity index (χ1n) is 10.3. The van der Waals surface area contributed by atoms with Crippen LogP contribution in [0.2, 0.25) is 0 Å². The van der Waals surface area contributed by atoms with E-state index >= 15 is 0 Å². The van der Waals surface area contributed by atoms with Crippen molar-refractivity contribution in [2.45, 2.75) is 47.1 Å². The third-order valence-electron chi connectivity index (χ3n) is 5.40. The Bertz CT molecular complexity index is 985. The molecule has 1 aromatic carbocycles. The van der Waals surface area contributed by atoms with Crippen molar-refractivity contribution in [1.29, 1.82) is 0 Å². The number of aromatic nitrogens is 2. The van der Waals surface area contributed by atoms with Crippen LogP contribution < -0.4 is 4.90 Å². The van der Waals surface area contributed by atoms with Gasteiger partial charge in [-0.3, -0.25) is 9.59 Å². The van der Waals surface area contributed by atoms with Crippen molar-refractivity contribution in [1.82, 2.24) is 14.5 Å². The molecule has 2 aromatic rings. The molecule has 6 heteroatoms. The van der Waals surface area contributed by atoms with Crippen molar-refractivity contribution in [3.05, 3.63) is 65.5 Å². The van der Waals surface area contributed by atoms with Crippen molar-refractivity contribution in [2.75, 3.05) is 18.0 Å². The number of carbonyl (C=O) groups excluding carboxylic acids is 2. The molecule has 0 radical (unpaired) electrons. The number of imidazole rings is 1. The summed E-state index contributed by atoms with van der Waals surface area (Å²) in [7, 11) is 0. The van der Waals surface area contributed by atoms with Crippen molar-refractivity contribution < 1.29 is 9.59 Å². The van der Waals surface area contributed by atoms with Gasteiger partial charge in [0.2, 0.25) is 11.9 Å². The van der Waals surface area contributed by atoms with Gasteiger partial charge in [0.1, 0.15) is 5.69 Å². The highest BCUT2D eigenvalue weighted by atomic mass is 16.2. The quantitative estimate of drug-likeness (QED) is 0.646. The molecule has 2 amide bonds. The molecule has 0 saturated heterocycles. The Hall–Kier alpha value is -3.15. The first-order valence-corrected chi connectivity index (χ1v) is 10.3. The zero-order valence-electron chi connectivity index (χ0n) is 18.4. The summed E-state index contributed by atoms with van der Waals surface area (Å²) in [6, 6.07) is 4.14. The summed E-state index contributed by atoms with van der Waals surface area (Å²) >= 11 is 0. The molecule has 0 bridgehead atoms. The third-order valence-corrected chi connectivity index (χ3v) is 5.40. The van der Waals surface area contributed by atoms with Gasteiger partial charge < -0.3 is 9.47 Å². The molecule has 0 atom stereocenters. The van der Waals surface area contributed by atoms with E-state index in [-0.39, 0.29) is 11.8 Å². The van der Waals surface area contributed by atoms with Gasteiger partial charge in [-0.1, -0.05) is 36.8 Å². The SMILES string of the molecule is C=CCN(CC=C)C(=O)c1c(CC)nc2n1CCC(=O)N2c1c(C)cc(C)cc1C. The number of aryl methyl sites for hydroxylation is 4. The number of hydrogen-bond donors (Lipinski definition) is 0. The molecular formula is C24H30N4O2. The van der Waals surface area contributed by atoms with Gasteiger partial charge in [-0.05, 0) is 38.3 Å². The van der Waals surface area contributed by atoms with Gasteiger partial charge in [-0.25, -0.2) is 9.88 Å². The predicted octanol–water partition coefficient (Wildman–Crippen LogP) is 4.25. The van der Waals surface area contributed by atoms with E-state index in [4.69, 9.17) is 4.98 Å². The number of rotatable bonds is 7. The van der Waals surface area contributed by atoms with Crippen LogP contribution in [0.5, 0.6) is 0 Å². The Morgan fingerprint density at radius 1 is 1.17 bits per heavy atom. The topological polar surface area (TPSA) is 58.4 Å². The smallest absolute Gasteiger partial charge is 0.273 e. The fraction of sp³-hybridized carbons (Fsp3) is 0.375. The van der Waals surface area contributed by atoms with Crippen LogP contribution in [0.15, 0.2) is 37.4 Å². The summed E-state index contributed by atoms with van der Waals surface area (Å²) in [6.07, 6.45) is 4.33. The molecule has 1 aliphatic rings. The second-order valence-electron chi connectivity index (χ2n) is 7.73. The van der Waals surface area contributed by atoms with Gasteiger partial charge in [0.05, 0.1) is 11.4 Å². The lowest BCUT2D eigenvalue weighted by Gasteiger charge is -2.31. The Labute approximate surface area is 178 Å². The Kier molecular flexibility index (Phi) is 6.25. The highest BCUT2D eigenvalue weighted by Crippen LogP contribution is 2.36. The molecule has 0 aliphatic carbocycles. The summed E-state index contributed by atoms with van der Waals surface area (Å²) in [6.45, 7) is 16.8. The van der Waals surface area contributed by atoms with Gasteiger partial charge in [-0.15, -0.1) is 13.2 Å². The number of nitrogens with zero attached hydrogens (tertiary/aromatic N) is 4.